The first-order valence-electron chi connectivity index (χ1n) is 6.79. The molecular formula is C14H26. The van der Waals surface area contributed by atoms with Gasteiger partial charge in [0.2, 0.25) is 0 Å². The topological polar surface area (TPSA) is 0 Å². The lowest BCUT2D eigenvalue weighted by molar-refractivity contribution is 0.267. The summed E-state index contributed by atoms with van der Waals surface area (Å²) in [6.07, 6.45) is 12.1. The summed E-state index contributed by atoms with van der Waals surface area (Å²) in [5, 5.41) is 0. The van der Waals surface area contributed by atoms with Crippen molar-refractivity contribution in [1.82, 2.24) is 0 Å². The molecule has 0 saturated heterocycles. The van der Waals surface area contributed by atoms with Gasteiger partial charge in [-0.15, -0.1) is 0 Å². The van der Waals surface area contributed by atoms with Crippen LogP contribution in [0.4, 0.5) is 0 Å². The summed E-state index contributed by atoms with van der Waals surface area (Å²) in [5.41, 5.74) is 0. The molecule has 4 atom stereocenters. The van der Waals surface area contributed by atoms with E-state index in [-0.39, 0.29) is 0 Å². The SMILES string of the molecule is CCCCC(C)CC1CC2CCC1C2. The Labute approximate surface area is 89.5 Å². The highest BCUT2D eigenvalue weighted by Crippen LogP contribution is 2.50. The predicted octanol–water partition coefficient (Wildman–Crippen LogP) is 4.64. The Kier molecular flexibility index (Phi) is 3.52. The van der Waals surface area contributed by atoms with Crippen LogP contribution in [-0.2, 0) is 0 Å². The molecule has 14 heavy (non-hydrogen) atoms. The molecule has 0 heteroatoms. The van der Waals surface area contributed by atoms with Crippen molar-refractivity contribution in [2.75, 3.05) is 0 Å². The highest BCUT2D eigenvalue weighted by molar-refractivity contribution is 4.90. The molecule has 2 fully saturated rings. The van der Waals surface area contributed by atoms with Crippen molar-refractivity contribution in [2.45, 2.75) is 65.2 Å². The van der Waals surface area contributed by atoms with E-state index in [1.807, 2.05) is 0 Å². The van der Waals surface area contributed by atoms with Crippen LogP contribution in [0, 0.1) is 23.7 Å². The van der Waals surface area contributed by atoms with E-state index < -0.39 is 0 Å². The van der Waals surface area contributed by atoms with Gasteiger partial charge in [0.05, 0.1) is 0 Å². The second-order valence-electron chi connectivity index (χ2n) is 5.92. The maximum Gasteiger partial charge on any atom is -0.0381 e. The van der Waals surface area contributed by atoms with Crippen LogP contribution in [0.1, 0.15) is 65.2 Å². The molecule has 2 rings (SSSR count). The third-order valence-corrected chi connectivity index (χ3v) is 4.64. The van der Waals surface area contributed by atoms with E-state index in [2.05, 4.69) is 13.8 Å². The van der Waals surface area contributed by atoms with E-state index in [0.29, 0.717) is 0 Å². The van der Waals surface area contributed by atoms with Crippen LogP contribution < -0.4 is 0 Å². The zero-order valence-corrected chi connectivity index (χ0v) is 9.97. The number of unbranched alkanes of at least 4 members (excludes halogenated alkanes) is 1. The Bertz CT molecular complexity index is 173. The van der Waals surface area contributed by atoms with Crippen LogP contribution in [0.5, 0.6) is 0 Å². The van der Waals surface area contributed by atoms with Crippen LogP contribution in [0.2, 0.25) is 0 Å². The lowest BCUT2D eigenvalue weighted by Gasteiger charge is -2.24. The van der Waals surface area contributed by atoms with Gasteiger partial charge in [0, 0.05) is 0 Å². The Morgan fingerprint density at radius 1 is 1.21 bits per heavy atom. The standard InChI is InChI=1S/C14H26/c1-3-4-5-11(2)8-14-10-12-6-7-13(14)9-12/h11-14H,3-10H2,1-2H3. The Hall–Kier alpha value is 0. The summed E-state index contributed by atoms with van der Waals surface area (Å²) in [6, 6.07) is 0. The Balaban J connectivity index is 1.70. The maximum absolute atomic E-state index is 2.47. The minimum atomic E-state index is 0.999. The molecule has 0 heterocycles. The summed E-state index contributed by atoms with van der Waals surface area (Å²) >= 11 is 0. The summed E-state index contributed by atoms with van der Waals surface area (Å²) in [7, 11) is 0. The van der Waals surface area contributed by atoms with Crippen LogP contribution >= 0.6 is 0 Å². The van der Waals surface area contributed by atoms with Crippen molar-refractivity contribution in [3.63, 3.8) is 0 Å². The van der Waals surface area contributed by atoms with Crippen molar-refractivity contribution in [1.29, 1.82) is 0 Å². The third kappa shape index (κ3) is 2.32. The van der Waals surface area contributed by atoms with Gasteiger partial charge in [0.1, 0.15) is 0 Å². The monoisotopic (exact) mass is 194 g/mol. The zero-order chi connectivity index (χ0) is 9.97. The molecule has 2 aliphatic rings. The number of hydrogen-bond acceptors (Lipinski definition) is 0. The van der Waals surface area contributed by atoms with E-state index in [4.69, 9.17) is 0 Å². The molecule has 0 aromatic rings. The summed E-state index contributed by atoms with van der Waals surface area (Å²) in [4.78, 5) is 0. The van der Waals surface area contributed by atoms with Crippen LogP contribution in [0.25, 0.3) is 0 Å². The van der Waals surface area contributed by atoms with Gasteiger partial charge in [-0.1, -0.05) is 39.5 Å². The van der Waals surface area contributed by atoms with Gasteiger partial charge in [-0.05, 0) is 49.4 Å². The number of rotatable bonds is 5. The largest absolute Gasteiger partial charge is 0.0654 e. The molecule has 0 aromatic heterocycles. The van der Waals surface area contributed by atoms with E-state index in [1.165, 1.54) is 19.3 Å². The van der Waals surface area contributed by atoms with Gasteiger partial charge in [-0.3, -0.25) is 0 Å². The van der Waals surface area contributed by atoms with E-state index >= 15 is 0 Å². The van der Waals surface area contributed by atoms with Gasteiger partial charge < -0.3 is 0 Å². The van der Waals surface area contributed by atoms with Crippen molar-refractivity contribution < 1.29 is 0 Å². The quantitative estimate of drug-likeness (QED) is 0.598. The second-order valence-corrected chi connectivity index (χ2v) is 5.92. The van der Waals surface area contributed by atoms with Gasteiger partial charge in [0.25, 0.3) is 0 Å². The van der Waals surface area contributed by atoms with Crippen LogP contribution in [0.15, 0.2) is 0 Å². The first kappa shape index (κ1) is 10.5. The number of fused-ring (bicyclic) bond motifs is 2. The average Bonchev–Trinajstić information content (AvgIpc) is 2.76. The van der Waals surface area contributed by atoms with Gasteiger partial charge in [0.15, 0.2) is 0 Å². The Morgan fingerprint density at radius 2 is 2.07 bits per heavy atom. The van der Waals surface area contributed by atoms with E-state index in [9.17, 15) is 0 Å². The summed E-state index contributed by atoms with van der Waals surface area (Å²) in [5.74, 6) is 4.41. The molecule has 2 bridgehead atoms. The molecule has 0 aliphatic heterocycles. The molecular weight excluding hydrogens is 168 g/mol. The lowest BCUT2D eigenvalue weighted by Crippen LogP contribution is -2.13. The first-order valence-corrected chi connectivity index (χ1v) is 6.79. The van der Waals surface area contributed by atoms with Crippen molar-refractivity contribution >= 4 is 0 Å². The molecule has 0 spiro atoms. The van der Waals surface area contributed by atoms with Crippen molar-refractivity contribution in [2.24, 2.45) is 23.7 Å². The molecule has 0 N–H and O–H groups in total. The minimum Gasteiger partial charge on any atom is -0.0654 e. The summed E-state index contributed by atoms with van der Waals surface area (Å²) in [6.45, 7) is 4.78. The van der Waals surface area contributed by atoms with E-state index in [1.54, 1.807) is 32.1 Å². The molecule has 0 aromatic carbocycles. The molecule has 82 valence electrons. The van der Waals surface area contributed by atoms with E-state index in [0.717, 1.165) is 23.7 Å². The Morgan fingerprint density at radius 3 is 2.64 bits per heavy atom. The highest BCUT2D eigenvalue weighted by Gasteiger charge is 2.39. The normalized spacial score (nSPS) is 37.7. The van der Waals surface area contributed by atoms with Crippen LogP contribution in [-0.4, -0.2) is 0 Å². The molecule has 2 aliphatic carbocycles. The fraction of sp³-hybridized carbons (Fsp3) is 1.00. The lowest BCUT2D eigenvalue weighted by atomic mass is 9.81. The summed E-state index contributed by atoms with van der Waals surface area (Å²) < 4.78 is 0. The van der Waals surface area contributed by atoms with Crippen LogP contribution in [0.3, 0.4) is 0 Å². The molecule has 0 nitrogen and oxygen atoms in total. The second kappa shape index (κ2) is 4.68. The zero-order valence-electron chi connectivity index (χ0n) is 9.97. The fourth-order valence-electron chi connectivity index (χ4n) is 3.85. The average molecular weight is 194 g/mol. The molecule has 0 radical (unpaired) electrons. The molecule has 2 saturated carbocycles. The van der Waals surface area contributed by atoms with Crippen molar-refractivity contribution in [3.8, 4) is 0 Å². The smallest absolute Gasteiger partial charge is 0.0381 e. The molecule has 4 unspecified atom stereocenters. The fourth-order valence-corrected chi connectivity index (χ4v) is 3.85. The van der Waals surface area contributed by atoms with Gasteiger partial charge in [-0.25, -0.2) is 0 Å². The number of hydrogen-bond donors (Lipinski definition) is 0. The third-order valence-electron chi connectivity index (χ3n) is 4.64. The highest BCUT2D eigenvalue weighted by atomic mass is 14.4. The maximum atomic E-state index is 2.47. The van der Waals surface area contributed by atoms with Gasteiger partial charge in [-0.2, -0.15) is 0 Å². The minimum absolute atomic E-state index is 0.999. The first-order chi connectivity index (χ1) is 6.79. The van der Waals surface area contributed by atoms with Gasteiger partial charge >= 0.3 is 0 Å². The molecule has 0 amide bonds. The van der Waals surface area contributed by atoms with Crippen molar-refractivity contribution in [3.05, 3.63) is 0 Å². The predicted molar refractivity (Wildman–Crippen MR) is 62.2 cm³/mol.